The molecular formula is C19H37N2O8PS. The van der Waals surface area contributed by atoms with E-state index in [4.69, 9.17) is 24.0 Å². The van der Waals surface area contributed by atoms with Crippen LogP contribution < -0.4 is 5.32 Å². The number of hydrogen-bond donors (Lipinski definition) is 3. The Morgan fingerprint density at radius 3 is 2.48 bits per heavy atom. The van der Waals surface area contributed by atoms with Crippen LogP contribution in [0.2, 0.25) is 0 Å². The molecule has 1 heterocycles. The van der Waals surface area contributed by atoms with Crippen LogP contribution in [0, 0.1) is 5.41 Å². The number of rotatable bonds is 11. The topological polar surface area (TPSA) is 135 Å². The zero-order valence-electron chi connectivity index (χ0n) is 19.1. The Balaban J connectivity index is 0. The second kappa shape index (κ2) is 19.6. The van der Waals surface area contributed by atoms with Gasteiger partial charge in [-0.15, -0.1) is 0 Å². The molecule has 182 valence electrons. The molecule has 3 unspecified atom stereocenters. The molecule has 0 radical (unpaired) electrons. The first-order chi connectivity index (χ1) is 14.7. The van der Waals surface area contributed by atoms with Crippen LogP contribution in [-0.4, -0.2) is 85.1 Å². The number of nitrogens with zero attached hydrogens (tertiary/aromatic N) is 1. The molecule has 0 bridgehead atoms. The lowest BCUT2D eigenvalue weighted by Gasteiger charge is -2.21. The number of aliphatic hydroxyl groups excluding tert-OH is 2. The smallest absolute Gasteiger partial charge is 0.251 e. The lowest BCUT2D eigenvalue weighted by atomic mass is 9.97. The van der Waals surface area contributed by atoms with E-state index in [-0.39, 0.29) is 33.1 Å². The van der Waals surface area contributed by atoms with E-state index in [1.807, 2.05) is 24.2 Å². The normalized spacial score (nSPS) is 18.2. The van der Waals surface area contributed by atoms with Crippen molar-refractivity contribution in [3.8, 4) is 0 Å². The fourth-order valence-electron chi connectivity index (χ4n) is 2.01. The molecule has 1 saturated heterocycles. The summed E-state index contributed by atoms with van der Waals surface area (Å²) in [5.41, 5.74) is -0.659. The van der Waals surface area contributed by atoms with Crippen LogP contribution >= 0.6 is 20.8 Å². The van der Waals surface area contributed by atoms with Crippen molar-refractivity contribution in [3.63, 3.8) is 0 Å². The number of amides is 2. The highest BCUT2D eigenvalue weighted by Gasteiger charge is 2.26. The van der Waals surface area contributed by atoms with Crippen LogP contribution in [0.4, 0.5) is 0 Å². The molecule has 1 rings (SSSR count). The fraction of sp³-hybridized carbons (Fsp3) is 0.737. The van der Waals surface area contributed by atoms with E-state index in [0.717, 1.165) is 20.0 Å². The van der Waals surface area contributed by atoms with Gasteiger partial charge in [0.1, 0.15) is 6.23 Å². The van der Waals surface area contributed by atoms with Crippen molar-refractivity contribution in [1.29, 1.82) is 0 Å². The molecule has 0 aliphatic carbocycles. The van der Waals surface area contributed by atoms with E-state index in [1.165, 1.54) is 17.8 Å². The van der Waals surface area contributed by atoms with Gasteiger partial charge in [-0.3, -0.25) is 19.7 Å². The first-order valence-electron chi connectivity index (χ1n) is 9.60. The standard InChI is InChI=1S/C10H16N2O3.C8H17O4PS.CH4O/c1-8-3-4-10(15-8)12(2)6-5-9(14)11-7-13;1-8(2,6-9)7(10)14-5-4-12-13-11-3;1-2/h5-8,10H,3-4H2,1-2H3,(H,11,13,14);9,13H,4-6H2,1-3H3;2H,1H3/b6-5-;;. The van der Waals surface area contributed by atoms with Gasteiger partial charge in [-0.05, 0) is 33.6 Å². The first kappa shape index (κ1) is 32.1. The van der Waals surface area contributed by atoms with Gasteiger partial charge in [-0.2, -0.15) is 0 Å². The summed E-state index contributed by atoms with van der Waals surface area (Å²) < 4.78 is 15.3. The average Bonchev–Trinajstić information content (AvgIpc) is 3.20. The third kappa shape index (κ3) is 16.3. The van der Waals surface area contributed by atoms with Gasteiger partial charge in [0, 0.05) is 39.3 Å². The molecule has 31 heavy (non-hydrogen) atoms. The molecular weight excluding hydrogens is 447 g/mol. The van der Waals surface area contributed by atoms with Crippen LogP contribution in [0.5, 0.6) is 0 Å². The summed E-state index contributed by atoms with van der Waals surface area (Å²) in [5.74, 6) is 0.168. The van der Waals surface area contributed by atoms with Crippen molar-refractivity contribution in [1.82, 2.24) is 10.2 Å². The summed E-state index contributed by atoms with van der Waals surface area (Å²) in [7, 11) is 4.43. The second-order valence-corrected chi connectivity index (χ2v) is 8.83. The highest BCUT2D eigenvalue weighted by atomic mass is 32.2. The maximum Gasteiger partial charge on any atom is 0.251 e. The number of nitrogens with one attached hydrogen (secondary N) is 1. The molecule has 10 nitrogen and oxygen atoms in total. The quantitative estimate of drug-likeness (QED) is 0.170. The number of ether oxygens (including phenoxy) is 1. The predicted octanol–water partition coefficient (Wildman–Crippen LogP) is 1.27. The van der Waals surface area contributed by atoms with E-state index in [9.17, 15) is 14.4 Å². The Hall–Kier alpha value is -1.07. The number of aliphatic hydroxyl groups is 2. The predicted molar refractivity (Wildman–Crippen MR) is 122 cm³/mol. The minimum absolute atomic E-state index is 0.00986. The lowest BCUT2D eigenvalue weighted by Crippen LogP contribution is -2.27. The monoisotopic (exact) mass is 484 g/mol. The number of hydrogen-bond acceptors (Lipinski definition) is 10. The summed E-state index contributed by atoms with van der Waals surface area (Å²) in [6.07, 6.45) is 5.57. The zero-order chi connectivity index (χ0) is 24.3. The van der Waals surface area contributed by atoms with Crippen molar-refractivity contribution in [3.05, 3.63) is 12.3 Å². The molecule has 3 atom stereocenters. The van der Waals surface area contributed by atoms with Crippen molar-refractivity contribution in [2.24, 2.45) is 5.41 Å². The Morgan fingerprint density at radius 1 is 1.35 bits per heavy atom. The van der Waals surface area contributed by atoms with Gasteiger partial charge in [0.15, 0.2) is 14.1 Å². The van der Waals surface area contributed by atoms with E-state index < -0.39 is 11.3 Å². The van der Waals surface area contributed by atoms with Gasteiger partial charge in [0.25, 0.3) is 5.91 Å². The van der Waals surface area contributed by atoms with Crippen molar-refractivity contribution >= 4 is 38.2 Å². The van der Waals surface area contributed by atoms with Crippen molar-refractivity contribution in [2.75, 3.05) is 40.2 Å². The number of carbonyl (C=O) groups excluding carboxylic acids is 3. The van der Waals surface area contributed by atoms with Gasteiger partial charge in [-0.25, -0.2) is 0 Å². The van der Waals surface area contributed by atoms with E-state index in [1.54, 1.807) is 27.2 Å². The Bertz CT molecular complexity index is 537. The van der Waals surface area contributed by atoms with E-state index in [0.29, 0.717) is 18.8 Å². The van der Waals surface area contributed by atoms with Gasteiger partial charge >= 0.3 is 0 Å². The molecule has 0 aromatic carbocycles. The molecule has 0 saturated carbocycles. The van der Waals surface area contributed by atoms with E-state index >= 15 is 0 Å². The molecule has 0 aromatic heterocycles. The molecule has 0 spiro atoms. The van der Waals surface area contributed by atoms with Crippen LogP contribution in [0.3, 0.4) is 0 Å². The summed E-state index contributed by atoms with van der Waals surface area (Å²) >= 11 is 1.18. The Morgan fingerprint density at radius 2 is 2.00 bits per heavy atom. The largest absolute Gasteiger partial charge is 0.400 e. The molecule has 2 amide bonds. The maximum absolute atomic E-state index is 11.4. The highest BCUT2D eigenvalue weighted by molar-refractivity contribution is 8.13. The minimum Gasteiger partial charge on any atom is -0.400 e. The van der Waals surface area contributed by atoms with Crippen LogP contribution in [0.15, 0.2) is 12.3 Å². The number of imide groups is 1. The van der Waals surface area contributed by atoms with Crippen LogP contribution in [-0.2, 0) is 28.2 Å². The number of carbonyl (C=O) groups is 3. The third-order valence-corrected chi connectivity index (χ3v) is 5.51. The fourth-order valence-corrected chi connectivity index (χ4v) is 3.26. The SMILES string of the molecule is CC1CCC(N(C)/C=C\C(=O)NC=O)O1.CO.COPOCCSC(=O)C(C)(C)CO. The molecule has 3 N–H and O–H groups in total. The Labute approximate surface area is 191 Å². The van der Waals surface area contributed by atoms with Gasteiger partial charge in [0.2, 0.25) is 6.41 Å². The molecule has 1 aliphatic rings. The molecule has 0 aromatic rings. The minimum atomic E-state index is -0.659. The zero-order valence-corrected chi connectivity index (χ0v) is 20.9. The van der Waals surface area contributed by atoms with E-state index in [2.05, 4.69) is 0 Å². The summed E-state index contributed by atoms with van der Waals surface area (Å²) in [4.78, 5) is 34.2. The lowest BCUT2D eigenvalue weighted by molar-refractivity contribution is -0.122. The third-order valence-electron chi connectivity index (χ3n) is 3.83. The van der Waals surface area contributed by atoms with Crippen LogP contribution in [0.25, 0.3) is 0 Å². The van der Waals surface area contributed by atoms with Gasteiger partial charge < -0.3 is 28.9 Å². The van der Waals surface area contributed by atoms with Crippen molar-refractivity contribution in [2.45, 2.75) is 45.9 Å². The van der Waals surface area contributed by atoms with Crippen LogP contribution in [0.1, 0.15) is 33.6 Å². The number of thioether (sulfide) groups is 1. The maximum atomic E-state index is 11.4. The first-order valence-corrected chi connectivity index (χ1v) is 11.4. The Kier molecular flexibility index (Phi) is 20.3. The summed E-state index contributed by atoms with van der Waals surface area (Å²) in [6.45, 7) is 5.83. The molecule has 1 fully saturated rings. The van der Waals surface area contributed by atoms with Crippen molar-refractivity contribution < 1.29 is 38.4 Å². The summed E-state index contributed by atoms with van der Waals surface area (Å²) in [5, 5.41) is 17.9. The van der Waals surface area contributed by atoms with Gasteiger partial charge in [-0.1, -0.05) is 11.8 Å². The second-order valence-electron chi connectivity index (χ2n) is 6.90. The molecule has 12 heteroatoms. The average molecular weight is 485 g/mol. The highest BCUT2D eigenvalue weighted by Crippen LogP contribution is 2.23. The van der Waals surface area contributed by atoms with Gasteiger partial charge in [0.05, 0.1) is 24.7 Å². The molecule has 1 aliphatic heterocycles. The summed E-state index contributed by atoms with van der Waals surface area (Å²) in [6, 6.07) is 0.